The molecule has 0 heterocycles. The van der Waals surface area contributed by atoms with Crippen molar-refractivity contribution in [1.82, 2.24) is 5.32 Å². The Hall–Kier alpha value is -2.10. The number of benzene rings is 1. The molecule has 1 unspecified atom stereocenters. The SMILES string of the molecule is C/C=C/CC(NC(=O)C(C)(C)c1ccc(CC)cc1)C(=O)O. The minimum Gasteiger partial charge on any atom is -0.480 e. The molecule has 0 aliphatic heterocycles. The van der Waals surface area contributed by atoms with E-state index in [0.29, 0.717) is 0 Å². The summed E-state index contributed by atoms with van der Waals surface area (Å²) in [6, 6.07) is 6.95. The predicted molar refractivity (Wildman–Crippen MR) is 87.8 cm³/mol. The van der Waals surface area contributed by atoms with Crippen LogP contribution in [0.1, 0.15) is 45.2 Å². The lowest BCUT2D eigenvalue weighted by Gasteiger charge is -2.26. The van der Waals surface area contributed by atoms with Gasteiger partial charge < -0.3 is 10.4 Å². The quantitative estimate of drug-likeness (QED) is 0.761. The third-order valence-electron chi connectivity index (χ3n) is 3.86. The van der Waals surface area contributed by atoms with Crippen molar-refractivity contribution in [3.63, 3.8) is 0 Å². The molecule has 2 N–H and O–H groups in total. The molecule has 0 fully saturated rings. The lowest BCUT2D eigenvalue weighted by atomic mass is 9.83. The van der Waals surface area contributed by atoms with Gasteiger partial charge in [-0.15, -0.1) is 0 Å². The van der Waals surface area contributed by atoms with Gasteiger partial charge in [0.05, 0.1) is 5.41 Å². The molecule has 0 aliphatic rings. The standard InChI is InChI=1S/C18H25NO3/c1-5-7-8-15(16(20)21)19-17(22)18(3,4)14-11-9-13(6-2)10-12-14/h5,7,9-12,15H,6,8H2,1-4H3,(H,19,22)(H,20,21)/b7-5+. The first-order valence-corrected chi connectivity index (χ1v) is 7.57. The molecule has 0 aromatic heterocycles. The average molecular weight is 303 g/mol. The van der Waals surface area contributed by atoms with Gasteiger partial charge in [0, 0.05) is 0 Å². The van der Waals surface area contributed by atoms with Crippen molar-refractivity contribution in [2.45, 2.75) is 52.0 Å². The maximum atomic E-state index is 12.5. The van der Waals surface area contributed by atoms with E-state index in [0.717, 1.165) is 12.0 Å². The van der Waals surface area contributed by atoms with Gasteiger partial charge in [-0.2, -0.15) is 0 Å². The van der Waals surface area contributed by atoms with Crippen molar-refractivity contribution in [2.75, 3.05) is 0 Å². The van der Waals surface area contributed by atoms with Crippen LogP contribution in [0.3, 0.4) is 0 Å². The minimum absolute atomic E-state index is 0.280. The normalized spacial score (nSPS) is 13.1. The second-order valence-corrected chi connectivity index (χ2v) is 5.84. The highest BCUT2D eigenvalue weighted by molar-refractivity contribution is 5.90. The minimum atomic E-state index is -1.02. The van der Waals surface area contributed by atoms with Crippen LogP contribution in [-0.2, 0) is 21.4 Å². The van der Waals surface area contributed by atoms with E-state index in [1.165, 1.54) is 5.56 Å². The number of carbonyl (C=O) groups excluding carboxylic acids is 1. The van der Waals surface area contributed by atoms with Crippen LogP contribution in [-0.4, -0.2) is 23.0 Å². The number of amides is 1. The molecule has 1 atom stereocenters. The molecule has 1 aromatic carbocycles. The maximum absolute atomic E-state index is 12.5. The van der Waals surface area contributed by atoms with Gasteiger partial charge >= 0.3 is 5.97 Å². The molecule has 0 bridgehead atoms. The average Bonchev–Trinajstić information content (AvgIpc) is 2.50. The summed E-state index contributed by atoms with van der Waals surface area (Å²) in [6.07, 6.45) is 4.73. The fourth-order valence-corrected chi connectivity index (χ4v) is 2.12. The van der Waals surface area contributed by atoms with Gasteiger partial charge in [0.2, 0.25) is 5.91 Å². The van der Waals surface area contributed by atoms with Crippen molar-refractivity contribution in [1.29, 1.82) is 0 Å². The molecule has 1 rings (SSSR count). The van der Waals surface area contributed by atoms with E-state index in [4.69, 9.17) is 0 Å². The van der Waals surface area contributed by atoms with Crippen molar-refractivity contribution in [3.05, 3.63) is 47.5 Å². The Morgan fingerprint density at radius 2 is 1.86 bits per heavy atom. The number of hydrogen-bond acceptors (Lipinski definition) is 2. The van der Waals surface area contributed by atoms with Gasteiger partial charge in [-0.05, 0) is 44.7 Å². The van der Waals surface area contributed by atoms with Crippen molar-refractivity contribution in [2.24, 2.45) is 0 Å². The first-order valence-electron chi connectivity index (χ1n) is 7.57. The van der Waals surface area contributed by atoms with E-state index in [1.807, 2.05) is 31.2 Å². The van der Waals surface area contributed by atoms with Crippen LogP contribution >= 0.6 is 0 Å². The van der Waals surface area contributed by atoms with Gasteiger partial charge in [-0.25, -0.2) is 4.79 Å². The molecule has 0 spiro atoms. The van der Waals surface area contributed by atoms with Gasteiger partial charge in [-0.3, -0.25) is 4.79 Å². The van der Waals surface area contributed by atoms with E-state index < -0.39 is 17.4 Å². The molecule has 1 amide bonds. The lowest BCUT2D eigenvalue weighted by molar-refractivity contribution is -0.142. The molecule has 4 nitrogen and oxygen atoms in total. The largest absolute Gasteiger partial charge is 0.480 e. The Balaban J connectivity index is 2.89. The summed E-state index contributed by atoms with van der Waals surface area (Å²) in [6.45, 7) is 7.50. The summed E-state index contributed by atoms with van der Waals surface area (Å²) in [7, 11) is 0. The summed E-state index contributed by atoms with van der Waals surface area (Å²) in [5.74, 6) is -1.31. The van der Waals surface area contributed by atoms with Crippen LogP contribution in [0.15, 0.2) is 36.4 Å². The third kappa shape index (κ3) is 4.45. The molecule has 1 aromatic rings. The topological polar surface area (TPSA) is 66.4 Å². The Morgan fingerprint density at radius 3 is 2.32 bits per heavy atom. The van der Waals surface area contributed by atoms with Gasteiger partial charge in [0.25, 0.3) is 0 Å². The van der Waals surface area contributed by atoms with E-state index in [1.54, 1.807) is 26.0 Å². The molecule has 0 radical (unpaired) electrons. The second kappa shape index (κ2) is 7.78. The van der Waals surface area contributed by atoms with Crippen molar-refractivity contribution in [3.8, 4) is 0 Å². The predicted octanol–water partition coefficient (Wildman–Crippen LogP) is 3.06. The Bertz CT molecular complexity index is 544. The number of carboxylic acid groups (broad SMARTS) is 1. The first kappa shape index (κ1) is 18.0. The zero-order valence-corrected chi connectivity index (χ0v) is 13.7. The lowest BCUT2D eigenvalue weighted by Crippen LogP contribution is -2.48. The van der Waals surface area contributed by atoms with E-state index in [2.05, 4.69) is 12.2 Å². The number of allylic oxidation sites excluding steroid dienone is 1. The second-order valence-electron chi connectivity index (χ2n) is 5.84. The van der Waals surface area contributed by atoms with Gasteiger partial charge in [0.15, 0.2) is 0 Å². The zero-order chi connectivity index (χ0) is 16.8. The Morgan fingerprint density at radius 1 is 1.27 bits per heavy atom. The highest BCUT2D eigenvalue weighted by Crippen LogP contribution is 2.24. The first-order chi connectivity index (χ1) is 10.3. The summed E-state index contributed by atoms with van der Waals surface area (Å²) in [5.41, 5.74) is 1.30. The van der Waals surface area contributed by atoms with Gasteiger partial charge in [-0.1, -0.05) is 43.3 Å². The van der Waals surface area contributed by atoms with Gasteiger partial charge in [0.1, 0.15) is 6.04 Å². The number of carboxylic acids is 1. The summed E-state index contributed by atoms with van der Waals surface area (Å²) < 4.78 is 0. The highest BCUT2D eigenvalue weighted by Gasteiger charge is 2.32. The number of nitrogens with one attached hydrogen (secondary N) is 1. The number of rotatable bonds is 7. The van der Waals surface area contributed by atoms with Crippen molar-refractivity contribution < 1.29 is 14.7 Å². The van der Waals surface area contributed by atoms with Crippen LogP contribution in [0.4, 0.5) is 0 Å². The smallest absolute Gasteiger partial charge is 0.326 e. The fraction of sp³-hybridized carbons (Fsp3) is 0.444. The molecule has 0 aliphatic carbocycles. The molecule has 0 saturated carbocycles. The highest BCUT2D eigenvalue weighted by atomic mass is 16.4. The summed E-state index contributed by atoms with van der Waals surface area (Å²) in [5, 5.41) is 11.8. The van der Waals surface area contributed by atoms with E-state index in [-0.39, 0.29) is 12.3 Å². The molecule has 120 valence electrons. The fourth-order valence-electron chi connectivity index (χ4n) is 2.12. The number of aliphatic carboxylic acids is 1. The Labute approximate surface area is 132 Å². The van der Waals surface area contributed by atoms with Crippen LogP contribution in [0, 0.1) is 0 Å². The maximum Gasteiger partial charge on any atom is 0.326 e. The summed E-state index contributed by atoms with van der Waals surface area (Å²) in [4.78, 5) is 23.7. The molecule has 0 saturated heterocycles. The van der Waals surface area contributed by atoms with Crippen LogP contribution < -0.4 is 5.32 Å². The van der Waals surface area contributed by atoms with Crippen molar-refractivity contribution >= 4 is 11.9 Å². The molecule has 22 heavy (non-hydrogen) atoms. The van der Waals surface area contributed by atoms with E-state index in [9.17, 15) is 14.7 Å². The molecule has 4 heteroatoms. The van der Waals surface area contributed by atoms with Crippen LogP contribution in [0.25, 0.3) is 0 Å². The summed E-state index contributed by atoms with van der Waals surface area (Å²) >= 11 is 0. The number of carbonyl (C=O) groups is 2. The van der Waals surface area contributed by atoms with Crippen LogP contribution in [0.2, 0.25) is 0 Å². The zero-order valence-electron chi connectivity index (χ0n) is 13.7. The number of hydrogen-bond donors (Lipinski definition) is 2. The monoisotopic (exact) mass is 303 g/mol. The molecular weight excluding hydrogens is 278 g/mol. The van der Waals surface area contributed by atoms with Crippen LogP contribution in [0.5, 0.6) is 0 Å². The Kier molecular flexibility index (Phi) is 6.35. The number of aryl methyl sites for hydroxylation is 1. The third-order valence-corrected chi connectivity index (χ3v) is 3.86. The van der Waals surface area contributed by atoms with E-state index >= 15 is 0 Å². The molecular formula is C18H25NO3.